The summed E-state index contributed by atoms with van der Waals surface area (Å²) in [5.41, 5.74) is 2.78. The molecule has 1 atom stereocenters. The molecule has 0 spiro atoms. The van der Waals surface area contributed by atoms with Crippen molar-refractivity contribution in [2.24, 2.45) is 0 Å². The van der Waals surface area contributed by atoms with Crippen molar-refractivity contribution in [2.75, 3.05) is 17.3 Å². The number of unbranched alkanes of at least 4 members (excludes halogenated alkanes) is 2. The molecule has 3 nitrogen and oxygen atoms in total. The summed E-state index contributed by atoms with van der Waals surface area (Å²) in [5, 5.41) is 6.32. The number of benzene rings is 2. The first-order chi connectivity index (χ1) is 17.3. The van der Waals surface area contributed by atoms with Crippen molar-refractivity contribution in [2.45, 2.75) is 89.0 Å². The third-order valence-corrected chi connectivity index (χ3v) is 6.74. The molecular weight excluding hydrogens is 475 g/mol. The van der Waals surface area contributed by atoms with Crippen LogP contribution in [0.4, 0.5) is 33.3 Å². The van der Waals surface area contributed by atoms with Crippen LogP contribution in [0, 0.1) is 0 Å². The Bertz CT molecular complexity index is 955. The van der Waals surface area contributed by atoms with Gasteiger partial charge in [0, 0.05) is 24.3 Å². The molecule has 1 saturated carbocycles. The predicted molar refractivity (Wildman–Crippen MR) is 134 cm³/mol. The maximum Gasteiger partial charge on any atom is 0.416 e. The van der Waals surface area contributed by atoms with Gasteiger partial charge in [0.2, 0.25) is 5.91 Å². The van der Waals surface area contributed by atoms with Crippen molar-refractivity contribution >= 4 is 17.3 Å². The zero-order valence-corrected chi connectivity index (χ0v) is 20.5. The van der Waals surface area contributed by atoms with Crippen LogP contribution < -0.4 is 10.6 Å². The van der Waals surface area contributed by atoms with Gasteiger partial charge in [-0.15, -0.1) is 0 Å². The Kier molecular flexibility index (Phi) is 10.6. The van der Waals surface area contributed by atoms with E-state index in [2.05, 4.69) is 10.6 Å². The van der Waals surface area contributed by atoms with Gasteiger partial charge >= 0.3 is 6.18 Å². The number of anilines is 2. The fourth-order valence-corrected chi connectivity index (χ4v) is 4.67. The lowest BCUT2D eigenvalue weighted by molar-refractivity contribution is -0.137. The largest absolute Gasteiger partial charge is 0.416 e. The first-order valence-electron chi connectivity index (χ1n) is 12.8. The molecular formula is C28H35F5N2O. The van der Waals surface area contributed by atoms with Gasteiger partial charge in [-0.2, -0.15) is 13.2 Å². The molecule has 2 aromatic carbocycles. The fourth-order valence-electron chi connectivity index (χ4n) is 4.67. The number of amides is 1. The van der Waals surface area contributed by atoms with Gasteiger partial charge in [-0.3, -0.25) is 4.79 Å². The zero-order valence-electron chi connectivity index (χ0n) is 20.5. The maximum atomic E-state index is 13.0. The third kappa shape index (κ3) is 8.79. The third-order valence-electron chi connectivity index (χ3n) is 6.74. The SMILES string of the molecule is O=C(CCCCC[C@H](F)CF)Nc1ccc(NCc2ccc(C(F)(F)F)cc2)cc1C1CCCCC1. The number of carbonyl (C=O) groups is 1. The normalized spacial score (nSPS) is 15.5. The molecule has 0 unspecified atom stereocenters. The number of hydrogen-bond acceptors (Lipinski definition) is 2. The van der Waals surface area contributed by atoms with E-state index in [0.29, 0.717) is 38.1 Å². The molecule has 0 saturated heterocycles. The summed E-state index contributed by atoms with van der Waals surface area (Å²) in [6.07, 6.45) is 2.16. The van der Waals surface area contributed by atoms with Crippen molar-refractivity contribution in [1.29, 1.82) is 0 Å². The summed E-state index contributed by atoms with van der Waals surface area (Å²) >= 11 is 0. The Morgan fingerprint density at radius 2 is 1.69 bits per heavy atom. The molecule has 36 heavy (non-hydrogen) atoms. The second kappa shape index (κ2) is 13.6. The lowest BCUT2D eigenvalue weighted by Crippen LogP contribution is -2.15. The number of alkyl halides is 5. The van der Waals surface area contributed by atoms with E-state index < -0.39 is 24.6 Å². The molecule has 2 aromatic rings. The van der Waals surface area contributed by atoms with Crippen LogP contribution in [0.25, 0.3) is 0 Å². The van der Waals surface area contributed by atoms with Crippen LogP contribution in [0.3, 0.4) is 0 Å². The molecule has 1 aliphatic rings. The van der Waals surface area contributed by atoms with Gasteiger partial charge in [0.25, 0.3) is 0 Å². The molecule has 1 fully saturated rings. The summed E-state index contributed by atoms with van der Waals surface area (Å²) in [6.45, 7) is -0.574. The Hall–Kier alpha value is -2.64. The maximum absolute atomic E-state index is 13.0. The molecule has 0 aliphatic heterocycles. The van der Waals surface area contributed by atoms with Crippen LogP contribution in [0.5, 0.6) is 0 Å². The summed E-state index contributed by atoms with van der Waals surface area (Å²) in [5.74, 6) is 0.240. The molecule has 198 valence electrons. The highest BCUT2D eigenvalue weighted by atomic mass is 19.4. The van der Waals surface area contributed by atoms with Gasteiger partial charge < -0.3 is 10.6 Å². The van der Waals surface area contributed by atoms with E-state index in [0.717, 1.165) is 60.3 Å². The van der Waals surface area contributed by atoms with Crippen LogP contribution in [0.15, 0.2) is 42.5 Å². The number of rotatable bonds is 12. The zero-order chi connectivity index (χ0) is 26.0. The van der Waals surface area contributed by atoms with Gasteiger partial charge in [-0.25, -0.2) is 8.78 Å². The molecule has 2 N–H and O–H groups in total. The quantitative estimate of drug-likeness (QED) is 0.222. The Morgan fingerprint density at radius 1 is 0.972 bits per heavy atom. The average molecular weight is 511 g/mol. The molecule has 1 aliphatic carbocycles. The summed E-state index contributed by atoms with van der Waals surface area (Å²) in [6, 6.07) is 10.9. The molecule has 0 aromatic heterocycles. The van der Waals surface area contributed by atoms with Gasteiger partial charge in [-0.1, -0.05) is 44.2 Å². The number of carbonyl (C=O) groups excluding carboxylic acids is 1. The van der Waals surface area contributed by atoms with Crippen molar-refractivity contribution in [1.82, 2.24) is 0 Å². The summed E-state index contributed by atoms with van der Waals surface area (Å²) in [7, 11) is 0. The highest BCUT2D eigenvalue weighted by Crippen LogP contribution is 2.38. The van der Waals surface area contributed by atoms with Crippen molar-refractivity contribution in [3.8, 4) is 0 Å². The number of nitrogens with one attached hydrogen (secondary N) is 2. The smallest absolute Gasteiger partial charge is 0.381 e. The fraction of sp³-hybridized carbons (Fsp3) is 0.536. The predicted octanol–water partition coefficient (Wildman–Crippen LogP) is 8.56. The minimum absolute atomic E-state index is 0.0974. The number of halogens is 5. The Balaban J connectivity index is 1.61. The van der Waals surface area contributed by atoms with Crippen LogP contribution in [0.2, 0.25) is 0 Å². The lowest BCUT2D eigenvalue weighted by atomic mass is 9.83. The lowest BCUT2D eigenvalue weighted by Gasteiger charge is -2.25. The van der Waals surface area contributed by atoms with E-state index in [9.17, 15) is 26.7 Å². The molecule has 0 radical (unpaired) electrons. The number of hydrogen-bond donors (Lipinski definition) is 2. The highest BCUT2D eigenvalue weighted by Gasteiger charge is 2.29. The standard InChI is InChI=1S/C28H35F5N2O/c29-18-23(30)9-5-2-6-10-27(36)35-26-16-15-24(17-25(26)21-7-3-1-4-8-21)34-19-20-11-13-22(14-12-20)28(31,32)33/h11-17,21,23,34H,1-10,18-19H2,(H,35,36)/t23-/m0/s1. The van der Waals surface area contributed by atoms with E-state index in [1.54, 1.807) is 0 Å². The summed E-state index contributed by atoms with van der Waals surface area (Å²) < 4.78 is 63.5. The van der Waals surface area contributed by atoms with Crippen LogP contribution >= 0.6 is 0 Å². The summed E-state index contributed by atoms with van der Waals surface area (Å²) in [4.78, 5) is 12.6. The van der Waals surface area contributed by atoms with Crippen LogP contribution in [-0.4, -0.2) is 18.8 Å². The van der Waals surface area contributed by atoms with E-state index in [1.165, 1.54) is 18.6 Å². The van der Waals surface area contributed by atoms with Gasteiger partial charge in [0.1, 0.15) is 12.8 Å². The van der Waals surface area contributed by atoms with E-state index in [1.807, 2.05) is 18.2 Å². The molecule has 0 heterocycles. The average Bonchev–Trinajstić information content (AvgIpc) is 2.88. The van der Waals surface area contributed by atoms with Gasteiger partial charge in [0.15, 0.2) is 0 Å². The van der Waals surface area contributed by atoms with Crippen molar-refractivity contribution < 1.29 is 26.7 Å². The monoisotopic (exact) mass is 510 g/mol. The van der Waals surface area contributed by atoms with E-state index >= 15 is 0 Å². The minimum Gasteiger partial charge on any atom is -0.381 e. The first-order valence-corrected chi connectivity index (χ1v) is 12.8. The second-order valence-corrected chi connectivity index (χ2v) is 9.58. The Morgan fingerprint density at radius 3 is 2.36 bits per heavy atom. The van der Waals surface area contributed by atoms with Crippen LogP contribution in [0.1, 0.15) is 86.8 Å². The van der Waals surface area contributed by atoms with E-state index in [4.69, 9.17) is 0 Å². The molecule has 1 amide bonds. The minimum atomic E-state index is -4.35. The Labute approximate surface area is 209 Å². The van der Waals surface area contributed by atoms with Gasteiger partial charge in [-0.05, 0) is 73.1 Å². The van der Waals surface area contributed by atoms with Crippen molar-refractivity contribution in [3.05, 3.63) is 59.2 Å². The van der Waals surface area contributed by atoms with Crippen molar-refractivity contribution in [3.63, 3.8) is 0 Å². The second-order valence-electron chi connectivity index (χ2n) is 9.58. The molecule has 8 heteroatoms. The van der Waals surface area contributed by atoms with E-state index in [-0.39, 0.29) is 12.3 Å². The van der Waals surface area contributed by atoms with Gasteiger partial charge in [0.05, 0.1) is 5.56 Å². The highest BCUT2D eigenvalue weighted by molar-refractivity contribution is 5.92. The molecule has 0 bridgehead atoms. The first kappa shape index (κ1) is 27.9. The van der Waals surface area contributed by atoms with Crippen LogP contribution in [-0.2, 0) is 17.5 Å². The topological polar surface area (TPSA) is 41.1 Å². The molecule has 3 rings (SSSR count).